The number of hydrogen-bond acceptors (Lipinski definition) is 3. The van der Waals surface area contributed by atoms with E-state index in [-0.39, 0.29) is 23.6 Å². The van der Waals surface area contributed by atoms with E-state index in [0.29, 0.717) is 6.42 Å². The van der Waals surface area contributed by atoms with Crippen LogP contribution in [0, 0.1) is 0 Å². The lowest BCUT2D eigenvalue weighted by atomic mass is 10.3. The van der Waals surface area contributed by atoms with Crippen molar-refractivity contribution in [3.05, 3.63) is 0 Å². The third-order valence-corrected chi connectivity index (χ3v) is 2.38. The van der Waals surface area contributed by atoms with E-state index < -0.39 is 11.2 Å². The Labute approximate surface area is 73.3 Å². The zero-order valence-electron chi connectivity index (χ0n) is 6.59. The maximum atomic E-state index is 12.4. The lowest BCUT2D eigenvalue weighted by molar-refractivity contribution is -0.152. The molecular formula is C6H11F2NO2S. The number of thioether (sulfide) groups is 1. The van der Waals surface area contributed by atoms with Crippen LogP contribution in [0.2, 0.25) is 0 Å². The maximum absolute atomic E-state index is 12.4. The third-order valence-electron chi connectivity index (χ3n) is 1.25. The first-order chi connectivity index (χ1) is 5.40. The second-order valence-corrected chi connectivity index (χ2v) is 3.44. The Bertz CT molecular complexity index is 166. The number of alkyl halides is 2. The number of carboxylic acid groups (broad SMARTS) is 1. The lowest BCUT2D eigenvalue weighted by Gasteiger charge is -2.12. The first-order valence-electron chi connectivity index (χ1n) is 3.41. The fourth-order valence-corrected chi connectivity index (χ4v) is 1.17. The van der Waals surface area contributed by atoms with E-state index in [2.05, 4.69) is 0 Å². The molecule has 0 aliphatic heterocycles. The van der Waals surface area contributed by atoms with Crippen molar-refractivity contribution in [3.63, 3.8) is 0 Å². The summed E-state index contributed by atoms with van der Waals surface area (Å²) in [5.74, 6) is -2.16. The van der Waals surface area contributed by atoms with Crippen molar-refractivity contribution in [1.29, 1.82) is 0 Å². The molecule has 12 heavy (non-hydrogen) atoms. The highest BCUT2D eigenvalue weighted by atomic mass is 32.2. The van der Waals surface area contributed by atoms with Gasteiger partial charge in [0, 0.05) is 11.8 Å². The SMILES string of the molecule is CCC(N)CSC(F)(F)C(=O)O. The second-order valence-electron chi connectivity index (χ2n) is 2.30. The molecule has 0 aliphatic rings. The largest absolute Gasteiger partial charge is 0.476 e. The van der Waals surface area contributed by atoms with Gasteiger partial charge in [0.2, 0.25) is 0 Å². The average molecular weight is 199 g/mol. The van der Waals surface area contributed by atoms with Gasteiger partial charge in [0.25, 0.3) is 0 Å². The quantitative estimate of drug-likeness (QED) is 0.696. The van der Waals surface area contributed by atoms with Gasteiger partial charge in [-0.05, 0) is 6.42 Å². The van der Waals surface area contributed by atoms with E-state index in [1.807, 2.05) is 0 Å². The number of halogens is 2. The van der Waals surface area contributed by atoms with Gasteiger partial charge in [-0.25, -0.2) is 4.79 Å². The summed E-state index contributed by atoms with van der Waals surface area (Å²) >= 11 is 0.0616. The molecule has 1 atom stereocenters. The summed E-state index contributed by atoms with van der Waals surface area (Å²) < 4.78 is 24.7. The van der Waals surface area contributed by atoms with Gasteiger partial charge in [0.1, 0.15) is 0 Å². The van der Waals surface area contributed by atoms with Crippen molar-refractivity contribution in [3.8, 4) is 0 Å². The zero-order valence-corrected chi connectivity index (χ0v) is 7.41. The highest BCUT2D eigenvalue weighted by molar-refractivity contribution is 8.01. The van der Waals surface area contributed by atoms with Gasteiger partial charge in [-0.1, -0.05) is 18.7 Å². The van der Waals surface area contributed by atoms with Crippen LogP contribution in [0.1, 0.15) is 13.3 Å². The third kappa shape index (κ3) is 3.87. The summed E-state index contributed by atoms with van der Waals surface area (Å²) in [6.07, 6.45) is 0.558. The van der Waals surface area contributed by atoms with E-state index in [9.17, 15) is 13.6 Å². The summed E-state index contributed by atoms with van der Waals surface area (Å²) in [6, 6.07) is -0.375. The van der Waals surface area contributed by atoms with Gasteiger partial charge in [-0.3, -0.25) is 0 Å². The van der Waals surface area contributed by atoms with Gasteiger partial charge in [-0.2, -0.15) is 8.78 Å². The molecule has 0 fully saturated rings. The smallest absolute Gasteiger partial charge is 0.388 e. The first-order valence-corrected chi connectivity index (χ1v) is 4.39. The summed E-state index contributed by atoms with van der Waals surface area (Å²) in [5, 5.41) is 4.30. The van der Waals surface area contributed by atoms with Crippen LogP contribution >= 0.6 is 11.8 Å². The predicted octanol–water partition coefficient (Wildman–Crippen LogP) is 1.13. The number of carboxylic acids is 1. The first kappa shape index (κ1) is 11.6. The monoisotopic (exact) mass is 199 g/mol. The molecule has 1 unspecified atom stereocenters. The predicted molar refractivity (Wildman–Crippen MR) is 43.3 cm³/mol. The van der Waals surface area contributed by atoms with Crippen molar-refractivity contribution in [2.24, 2.45) is 5.73 Å². The molecule has 0 heterocycles. The number of rotatable bonds is 5. The van der Waals surface area contributed by atoms with Crippen LogP contribution in [0.15, 0.2) is 0 Å². The Morgan fingerprint density at radius 1 is 1.75 bits per heavy atom. The molecule has 72 valence electrons. The Balaban J connectivity index is 3.83. The number of aliphatic carboxylic acids is 1. The van der Waals surface area contributed by atoms with E-state index in [1.165, 1.54) is 0 Å². The van der Waals surface area contributed by atoms with E-state index >= 15 is 0 Å². The molecule has 6 heteroatoms. The van der Waals surface area contributed by atoms with Crippen molar-refractivity contribution >= 4 is 17.7 Å². The topological polar surface area (TPSA) is 63.3 Å². The number of hydrogen-bond donors (Lipinski definition) is 2. The van der Waals surface area contributed by atoms with Crippen LogP contribution in [0.5, 0.6) is 0 Å². The molecule has 0 amide bonds. The molecule has 0 aromatic carbocycles. The highest BCUT2D eigenvalue weighted by Crippen LogP contribution is 2.29. The van der Waals surface area contributed by atoms with E-state index in [0.717, 1.165) is 0 Å². The minimum absolute atomic E-state index is 0.0458. The Morgan fingerprint density at radius 3 is 2.58 bits per heavy atom. The summed E-state index contributed by atoms with van der Waals surface area (Å²) in [7, 11) is 0. The summed E-state index contributed by atoms with van der Waals surface area (Å²) in [4.78, 5) is 9.91. The molecule has 0 rings (SSSR count). The molecule has 0 saturated carbocycles. The molecule has 3 N–H and O–H groups in total. The molecular weight excluding hydrogens is 188 g/mol. The van der Waals surface area contributed by atoms with Crippen LogP contribution in [-0.4, -0.2) is 28.1 Å². The molecule has 0 aliphatic carbocycles. The molecule has 0 aromatic heterocycles. The number of nitrogens with two attached hydrogens (primary N) is 1. The maximum Gasteiger partial charge on any atom is 0.388 e. The van der Waals surface area contributed by atoms with Gasteiger partial charge >= 0.3 is 11.2 Å². The van der Waals surface area contributed by atoms with Crippen LogP contribution in [0.3, 0.4) is 0 Å². The Hall–Kier alpha value is -0.360. The average Bonchev–Trinajstić information content (AvgIpc) is 2.00. The Morgan fingerprint density at radius 2 is 2.25 bits per heavy atom. The summed E-state index contributed by atoms with van der Waals surface area (Å²) in [6.45, 7) is 1.75. The molecule has 0 saturated heterocycles. The second kappa shape index (κ2) is 4.61. The fraction of sp³-hybridized carbons (Fsp3) is 0.833. The minimum atomic E-state index is -3.72. The fourth-order valence-electron chi connectivity index (χ4n) is 0.391. The standard InChI is InChI=1S/C6H11F2NO2S/c1-2-4(9)3-12-6(7,8)5(10)11/h4H,2-3,9H2,1H3,(H,10,11). The normalized spacial score (nSPS) is 14.3. The van der Waals surface area contributed by atoms with Crippen molar-refractivity contribution in [2.75, 3.05) is 5.75 Å². The van der Waals surface area contributed by atoms with Crippen LogP contribution in [-0.2, 0) is 4.79 Å². The highest BCUT2D eigenvalue weighted by Gasteiger charge is 2.39. The molecule has 0 spiro atoms. The van der Waals surface area contributed by atoms with Gasteiger partial charge in [-0.15, -0.1) is 0 Å². The molecule has 0 aromatic rings. The molecule has 0 radical (unpaired) electrons. The van der Waals surface area contributed by atoms with Crippen LogP contribution < -0.4 is 5.73 Å². The van der Waals surface area contributed by atoms with E-state index in [4.69, 9.17) is 10.8 Å². The van der Waals surface area contributed by atoms with Crippen LogP contribution in [0.4, 0.5) is 8.78 Å². The summed E-state index contributed by atoms with van der Waals surface area (Å²) in [5.41, 5.74) is 5.33. The van der Waals surface area contributed by atoms with Crippen LogP contribution in [0.25, 0.3) is 0 Å². The lowest BCUT2D eigenvalue weighted by Crippen LogP contribution is -2.29. The number of carbonyl (C=O) groups is 1. The van der Waals surface area contributed by atoms with Gasteiger partial charge in [0.05, 0.1) is 0 Å². The van der Waals surface area contributed by atoms with Crippen molar-refractivity contribution in [1.82, 2.24) is 0 Å². The minimum Gasteiger partial charge on any atom is -0.476 e. The van der Waals surface area contributed by atoms with Gasteiger partial charge < -0.3 is 10.8 Å². The molecule has 0 bridgehead atoms. The van der Waals surface area contributed by atoms with Crippen molar-refractivity contribution in [2.45, 2.75) is 24.6 Å². The van der Waals surface area contributed by atoms with Crippen molar-refractivity contribution < 1.29 is 18.7 Å². The van der Waals surface area contributed by atoms with Gasteiger partial charge in [0.15, 0.2) is 0 Å². The molecule has 3 nitrogen and oxygen atoms in total. The zero-order chi connectivity index (χ0) is 9.78. The van der Waals surface area contributed by atoms with E-state index in [1.54, 1.807) is 6.92 Å². The Kier molecular flexibility index (Phi) is 4.47.